The van der Waals surface area contributed by atoms with Crippen LogP contribution < -0.4 is 16.4 Å². The minimum absolute atomic E-state index is 0.00763. The Kier molecular flexibility index (Phi) is 5.33. The molecule has 132 valence electrons. The second kappa shape index (κ2) is 7.83. The Balaban J connectivity index is 1.61. The van der Waals surface area contributed by atoms with Crippen LogP contribution in [0.25, 0.3) is 10.9 Å². The van der Waals surface area contributed by atoms with Crippen molar-refractivity contribution in [2.45, 2.75) is 5.16 Å². The molecule has 0 radical (unpaired) electrons. The molecular formula is C18H16N4O3S. The molecule has 1 heterocycles. The number of carbonyl (C=O) groups is 2. The van der Waals surface area contributed by atoms with Crippen molar-refractivity contribution in [3.63, 3.8) is 0 Å². The van der Waals surface area contributed by atoms with Gasteiger partial charge < -0.3 is 0 Å². The highest BCUT2D eigenvalue weighted by Gasteiger charge is 2.11. The predicted octanol–water partition coefficient (Wildman–Crippen LogP) is 1.49. The van der Waals surface area contributed by atoms with Crippen LogP contribution in [-0.2, 0) is 11.8 Å². The van der Waals surface area contributed by atoms with E-state index in [-0.39, 0.29) is 11.3 Å². The molecule has 1 aromatic heterocycles. The van der Waals surface area contributed by atoms with Crippen LogP contribution >= 0.6 is 11.8 Å². The van der Waals surface area contributed by atoms with Gasteiger partial charge in [-0.05, 0) is 24.3 Å². The van der Waals surface area contributed by atoms with Gasteiger partial charge in [0.2, 0.25) is 5.91 Å². The monoisotopic (exact) mass is 368 g/mol. The third-order valence-corrected chi connectivity index (χ3v) is 4.66. The fourth-order valence-corrected chi connectivity index (χ4v) is 3.05. The minimum Gasteiger partial charge on any atom is -0.290 e. The van der Waals surface area contributed by atoms with E-state index in [0.29, 0.717) is 21.6 Å². The SMILES string of the molecule is Cn1c(SCC(=O)NNC(=O)c2ccccc2)nc2ccccc2c1=O. The van der Waals surface area contributed by atoms with Gasteiger partial charge in [-0.15, -0.1) is 0 Å². The number of hydrazine groups is 1. The van der Waals surface area contributed by atoms with Crippen LogP contribution in [0.15, 0.2) is 64.5 Å². The van der Waals surface area contributed by atoms with Gasteiger partial charge in [0.1, 0.15) is 0 Å². The minimum atomic E-state index is -0.403. The first-order chi connectivity index (χ1) is 12.6. The molecule has 3 rings (SSSR count). The smallest absolute Gasteiger partial charge is 0.269 e. The van der Waals surface area contributed by atoms with Crippen LogP contribution in [0.4, 0.5) is 0 Å². The number of benzene rings is 2. The molecule has 2 aromatic carbocycles. The van der Waals surface area contributed by atoms with Crippen molar-refractivity contribution in [3.05, 3.63) is 70.5 Å². The van der Waals surface area contributed by atoms with E-state index in [1.54, 1.807) is 61.6 Å². The van der Waals surface area contributed by atoms with Crippen LogP contribution in [0.3, 0.4) is 0 Å². The zero-order valence-electron chi connectivity index (χ0n) is 13.9. The van der Waals surface area contributed by atoms with Gasteiger partial charge in [-0.3, -0.25) is 29.8 Å². The first kappa shape index (κ1) is 17.7. The average molecular weight is 368 g/mol. The highest BCUT2D eigenvalue weighted by Crippen LogP contribution is 2.16. The van der Waals surface area contributed by atoms with Gasteiger partial charge >= 0.3 is 0 Å². The number of hydrogen-bond donors (Lipinski definition) is 2. The van der Waals surface area contributed by atoms with Crippen LogP contribution in [0, 0.1) is 0 Å². The van der Waals surface area contributed by atoms with Gasteiger partial charge in [0.25, 0.3) is 11.5 Å². The molecule has 8 heteroatoms. The summed E-state index contributed by atoms with van der Waals surface area (Å²) in [5.41, 5.74) is 5.55. The molecule has 0 saturated carbocycles. The highest BCUT2D eigenvalue weighted by molar-refractivity contribution is 7.99. The number of amides is 2. The Labute approximate surface area is 153 Å². The summed E-state index contributed by atoms with van der Waals surface area (Å²) in [6.45, 7) is 0. The molecule has 0 saturated heterocycles. The lowest BCUT2D eigenvalue weighted by Gasteiger charge is -2.09. The number of nitrogens with zero attached hydrogens (tertiary/aromatic N) is 2. The van der Waals surface area contributed by atoms with E-state index in [4.69, 9.17) is 0 Å². The van der Waals surface area contributed by atoms with E-state index < -0.39 is 11.8 Å². The van der Waals surface area contributed by atoms with Crippen molar-refractivity contribution < 1.29 is 9.59 Å². The zero-order valence-corrected chi connectivity index (χ0v) is 14.7. The number of aromatic nitrogens is 2. The topological polar surface area (TPSA) is 93.1 Å². The van der Waals surface area contributed by atoms with Gasteiger partial charge in [-0.25, -0.2) is 4.98 Å². The van der Waals surface area contributed by atoms with E-state index in [1.165, 1.54) is 4.57 Å². The van der Waals surface area contributed by atoms with Gasteiger partial charge in [0, 0.05) is 12.6 Å². The summed E-state index contributed by atoms with van der Waals surface area (Å²) in [4.78, 5) is 40.6. The Morgan fingerprint density at radius 1 is 1.04 bits per heavy atom. The number of para-hydroxylation sites is 1. The van der Waals surface area contributed by atoms with Gasteiger partial charge in [0.15, 0.2) is 5.16 Å². The molecule has 0 fully saturated rings. The van der Waals surface area contributed by atoms with Crippen molar-refractivity contribution in [1.82, 2.24) is 20.4 Å². The number of thioether (sulfide) groups is 1. The number of hydrogen-bond acceptors (Lipinski definition) is 5. The highest BCUT2D eigenvalue weighted by atomic mass is 32.2. The van der Waals surface area contributed by atoms with Crippen LogP contribution in [0.2, 0.25) is 0 Å². The second-order valence-corrected chi connectivity index (χ2v) is 6.38. The van der Waals surface area contributed by atoms with Crippen LogP contribution in [-0.4, -0.2) is 27.1 Å². The molecule has 3 aromatic rings. The maximum Gasteiger partial charge on any atom is 0.269 e. The predicted molar refractivity (Wildman–Crippen MR) is 99.8 cm³/mol. The lowest BCUT2D eigenvalue weighted by molar-refractivity contribution is -0.119. The molecule has 0 spiro atoms. The number of fused-ring (bicyclic) bond motifs is 1. The summed E-state index contributed by atoms with van der Waals surface area (Å²) in [7, 11) is 1.61. The van der Waals surface area contributed by atoms with E-state index in [1.807, 2.05) is 0 Å². The summed E-state index contributed by atoms with van der Waals surface area (Å²) in [5, 5.41) is 0.956. The summed E-state index contributed by atoms with van der Waals surface area (Å²) in [6.07, 6.45) is 0. The van der Waals surface area contributed by atoms with Crippen molar-refractivity contribution in [2.75, 3.05) is 5.75 Å². The van der Waals surface area contributed by atoms with Crippen molar-refractivity contribution in [1.29, 1.82) is 0 Å². The van der Waals surface area contributed by atoms with E-state index in [2.05, 4.69) is 15.8 Å². The summed E-state index contributed by atoms with van der Waals surface area (Å²) in [6, 6.07) is 15.6. The Hall–Kier alpha value is -3.13. The Morgan fingerprint density at radius 2 is 1.73 bits per heavy atom. The normalized spacial score (nSPS) is 10.5. The van der Waals surface area contributed by atoms with Gasteiger partial charge in [-0.2, -0.15) is 0 Å². The summed E-state index contributed by atoms with van der Waals surface area (Å²) < 4.78 is 1.41. The molecule has 0 atom stereocenters. The zero-order chi connectivity index (χ0) is 18.5. The third-order valence-electron chi connectivity index (χ3n) is 3.63. The molecule has 2 N–H and O–H groups in total. The van der Waals surface area contributed by atoms with E-state index >= 15 is 0 Å². The van der Waals surface area contributed by atoms with Gasteiger partial charge in [0.05, 0.1) is 16.7 Å². The lowest BCUT2D eigenvalue weighted by Crippen LogP contribution is -2.42. The van der Waals surface area contributed by atoms with E-state index in [0.717, 1.165) is 11.8 Å². The fraction of sp³-hybridized carbons (Fsp3) is 0.111. The number of carbonyl (C=O) groups excluding carboxylic acids is 2. The van der Waals surface area contributed by atoms with Crippen molar-refractivity contribution in [3.8, 4) is 0 Å². The Morgan fingerprint density at radius 3 is 2.50 bits per heavy atom. The molecular weight excluding hydrogens is 352 g/mol. The molecule has 0 aliphatic rings. The standard InChI is InChI=1S/C18H16N4O3S/c1-22-17(25)13-9-5-6-10-14(13)19-18(22)26-11-15(23)20-21-16(24)12-7-3-2-4-8-12/h2-10H,11H2,1H3,(H,20,23)(H,21,24). The van der Waals surface area contributed by atoms with Crippen LogP contribution in [0.5, 0.6) is 0 Å². The maximum atomic E-state index is 12.3. The van der Waals surface area contributed by atoms with Crippen LogP contribution in [0.1, 0.15) is 10.4 Å². The fourth-order valence-electron chi connectivity index (χ4n) is 2.28. The van der Waals surface area contributed by atoms with Crippen molar-refractivity contribution in [2.24, 2.45) is 7.05 Å². The summed E-state index contributed by atoms with van der Waals surface area (Å²) in [5.74, 6) is -0.796. The third kappa shape index (κ3) is 3.92. The molecule has 0 unspecified atom stereocenters. The lowest BCUT2D eigenvalue weighted by atomic mass is 10.2. The average Bonchev–Trinajstić information content (AvgIpc) is 2.68. The Bertz CT molecular complexity index is 1020. The molecule has 26 heavy (non-hydrogen) atoms. The second-order valence-electron chi connectivity index (χ2n) is 5.43. The molecule has 0 bridgehead atoms. The largest absolute Gasteiger partial charge is 0.290 e. The molecule has 2 amide bonds. The molecule has 0 aliphatic carbocycles. The first-order valence-corrected chi connectivity index (χ1v) is 8.77. The maximum absolute atomic E-state index is 12.3. The quantitative estimate of drug-likeness (QED) is 0.413. The molecule has 0 aliphatic heterocycles. The summed E-state index contributed by atoms with van der Waals surface area (Å²) >= 11 is 1.12. The van der Waals surface area contributed by atoms with Gasteiger partial charge in [-0.1, -0.05) is 42.1 Å². The van der Waals surface area contributed by atoms with E-state index in [9.17, 15) is 14.4 Å². The van der Waals surface area contributed by atoms with Crippen molar-refractivity contribution >= 4 is 34.5 Å². The first-order valence-electron chi connectivity index (χ1n) is 7.79. The number of rotatable bonds is 4. The number of nitrogens with one attached hydrogen (secondary N) is 2. The molecule has 7 nitrogen and oxygen atoms in total.